The van der Waals surface area contributed by atoms with Crippen molar-refractivity contribution >= 4 is 21.8 Å². The zero-order valence-corrected chi connectivity index (χ0v) is 11.3. The minimum absolute atomic E-state index is 0.192. The molecule has 6 heteroatoms. The fourth-order valence-electron chi connectivity index (χ4n) is 1.54. The highest BCUT2D eigenvalue weighted by Gasteiger charge is 2.09. The fourth-order valence-corrected chi connectivity index (χ4v) is 1.85. The Morgan fingerprint density at radius 2 is 2.00 bits per heavy atom. The molecule has 2 aromatic rings. The summed E-state index contributed by atoms with van der Waals surface area (Å²) in [6, 6.07) is 6.82. The predicted molar refractivity (Wildman–Crippen MR) is 68.8 cm³/mol. The maximum atomic E-state index is 13.0. The van der Waals surface area contributed by atoms with Crippen LogP contribution in [0.4, 0.5) is 8.78 Å². The zero-order valence-electron chi connectivity index (χ0n) is 9.75. The van der Waals surface area contributed by atoms with Crippen molar-refractivity contribution in [2.45, 2.75) is 6.42 Å². The molecule has 100 valence electrons. The molecule has 0 saturated carbocycles. The molecule has 19 heavy (non-hydrogen) atoms. The molecule has 0 unspecified atom stereocenters. The van der Waals surface area contributed by atoms with Crippen molar-refractivity contribution in [1.29, 1.82) is 0 Å². The molecule has 0 aliphatic rings. The average molecular weight is 330 g/mol. The van der Waals surface area contributed by atoms with Crippen molar-refractivity contribution in [2.24, 2.45) is 0 Å². The largest absolute Gasteiger partial charge is 0.444 e. The SMILES string of the molecule is O=C(NCCc1ccc(F)c(F)c1)c1ccc(Br)o1. The lowest BCUT2D eigenvalue weighted by atomic mass is 10.1. The van der Waals surface area contributed by atoms with Crippen LogP contribution in [0.5, 0.6) is 0 Å². The average Bonchev–Trinajstić information content (AvgIpc) is 2.80. The number of hydrogen-bond donors (Lipinski definition) is 1. The number of furan rings is 1. The van der Waals surface area contributed by atoms with Gasteiger partial charge in [0.2, 0.25) is 0 Å². The Morgan fingerprint density at radius 1 is 1.21 bits per heavy atom. The smallest absolute Gasteiger partial charge is 0.287 e. The molecule has 0 spiro atoms. The second-order valence-corrected chi connectivity index (χ2v) is 4.64. The van der Waals surface area contributed by atoms with E-state index < -0.39 is 11.6 Å². The van der Waals surface area contributed by atoms with Gasteiger partial charge in [-0.2, -0.15) is 0 Å². The molecule has 0 radical (unpaired) electrons. The number of carbonyl (C=O) groups excluding carboxylic acids is 1. The van der Waals surface area contributed by atoms with Crippen LogP contribution in [-0.4, -0.2) is 12.5 Å². The lowest BCUT2D eigenvalue weighted by molar-refractivity contribution is 0.0925. The van der Waals surface area contributed by atoms with Crippen molar-refractivity contribution in [1.82, 2.24) is 5.32 Å². The molecule has 1 N–H and O–H groups in total. The van der Waals surface area contributed by atoms with Gasteiger partial charge in [0.15, 0.2) is 22.1 Å². The van der Waals surface area contributed by atoms with Gasteiger partial charge in [-0.05, 0) is 52.2 Å². The van der Waals surface area contributed by atoms with E-state index >= 15 is 0 Å². The Bertz CT molecular complexity index is 598. The molecule has 0 aliphatic carbocycles. The van der Waals surface area contributed by atoms with Gasteiger partial charge in [-0.3, -0.25) is 4.79 Å². The minimum atomic E-state index is -0.890. The van der Waals surface area contributed by atoms with Gasteiger partial charge in [0, 0.05) is 6.54 Å². The van der Waals surface area contributed by atoms with Crippen LogP contribution >= 0.6 is 15.9 Å². The van der Waals surface area contributed by atoms with Gasteiger partial charge in [-0.15, -0.1) is 0 Å². The number of benzene rings is 1. The van der Waals surface area contributed by atoms with Crippen molar-refractivity contribution in [3.63, 3.8) is 0 Å². The van der Waals surface area contributed by atoms with Gasteiger partial charge < -0.3 is 9.73 Å². The Morgan fingerprint density at radius 3 is 2.63 bits per heavy atom. The highest BCUT2D eigenvalue weighted by molar-refractivity contribution is 9.10. The lowest BCUT2D eigenvalue weighted by Crippen LogP contribution is -2.25. The van der Waals surface area contributed by atoms with Crippen LogP contribution in [0.2, 0.25) is 0 Å². The van der Waals surface area contributed by atoms with Gasteiger partial charge >= 0.3 is 0 Å². The summed E-state index contributed by atoms with van der Waals surface area (Å²) in [5, 5.41) is 2.63. The molecule has 3 nitrogen and oxygen atoms in total. The third-order valence-corrected chi connectivity index (χ3v) is 2.91. The molecular weight excluding hydrogens is 320 g/mol. The molecule has 1 aromatic carbocycles. The number of hydrogen-bond acceptors (Lipinski definition) is 2. The lowest BCUT2D eigenvalue weighted by Gasteiger charge is -2.04. The van der Waals surface area contributed by atoms with Crippen molar-refractivity contribution < 1.29 is 18.0 Å². The van der Waals surface area contributed by atoms with E-state index in [-0.39, 0.29) is 11.7 Å². The molecule has 1 aromatic heterocycles. The van der Waals surface area contributed by atoms with Crippen LogP contribution in [0.3, 0.4) is 0 Å². The van der Waals surface area contributed by atoms with E-state index in [1.807, 2.05) is 0 Å². The number of carbonyl (C=O) groups is 1. The predicted octanol–water partition coefficient (Wildman–Crippen LogP) is 3.29. The molecule has 0 bridgehead atoms. The summed E-state index contributed by atoms with van der Waals surface area (Å²) in [6.07, 6.45) is 0.408. The molecule has 0 aliphatic heterocycles. The molecule has 0 saturated heterocycles. The highest BCUT2D eigenvalue weighted by atomic mass is 79.9. The first-order valence-electron chi connectivity index (χ1n) is 5.54. The van der Waals surface area contributed by atoms with E-state index in [1.165, 1.54) is 12.1 Å². The maximum absolute atomic E-state index is 13.0. The molecule has 2 rings (SSSR count). The Hall–Kier alpha value is -1.69. The van der Waals surface area contributed by atoms with Crippen molar-refractivity contribution in [3.05, 3.63) is 58.0 Å². The number of halogens is 3. The standard InChI is InChI=1S/C13H10BrF2NO2/c14-12-4-3-11(19-12)13(18)17-6-5-8-1-2-9(15)10(16)7-8/h1-4,7H,5-6H2,(H,17,18). The van der Waals surface area contributed by atoms with Gasteiger partial charge in [0.25, 0.3) is 5.91 Å². The quantitative estimate of drug-likeness (QED) is 0.935. The van der Waals surface area contributed by atoms with E-state index in [0.717, 1.165) is 12.1 Å². The number of amides is 1. The second-order valence-electron chi connectivity index (χ2n) is 3.86. The first-order valence-corrected chi connectivity index (χ1v) is 6.33. The monoisotopic (exact) mass is 329 g/mol. The third-order valence-electron chi connectivity index (χ3n) is 2.48. The van der Waals surface area contributed by atoms with Crippen LogP contribution in [0.25, 0.3) is 0 Å². The topological polar surface area (TPSA) is 42.2 Å². The zero-order chi connectivity index (χ0) is 13.8. The Labute approximate surface area is 116 Å². The Kier molecular flexibility index (Phi) is 4.31. The third kappa shape index (κ3) is 3.64. The van der Waals surface area contributed by atoms with E-state index in [9.17, 15) is 13.6 Å². The van der Waals surface area contributed by atoms with Gasteiger partial charge in [0.05, 0.1) is 0 Å². The van der Waals surface area contributed by atoms with Gasteiger partial charge in [-0.25, -0.2) is 8.78 Å². The van der Waals surface area contributed by atoms with E-state index in [1.54, 1.807) is 6.07 Å². The molecule has 1 heterocycles. The summed E-state index contributed by atoms with van der Waals surface area (Å²) in [5.41, 5.74) is 0.611. The van der Waals surface area contributed by atoms with Crippen LogP contribution < -0.4 is 5.32 Å². The second kappa shape index (κ2) is 5.97. The molecule has 0 atom stereocenters. The van der Waals surface area contributed by atoms with E-state index in [4.69, 9.17) is 4.42 Å². The summed E-state index contributed by atoms with van der Waals surface area (Å²) in [4.78, 5) is 11.6. The summed E-state index contributed by atoms with van der Waals surface area (Å²) >= 11 is 3.10. The normalized spacial score (nSPS) is 10.5. The fraction of sp³-hybridized carbons (Fsp3) is 0.154. The molecule has 1 amide bonds. The van der Waals surface area contributed by atoms with E-state index in [0.29, 0.717) is 23.2 Å². The number of nitrogens with one attached hydrogen (secondary N) is 1. The molecule has 0 fully saturated rings. The highest BCUT2D eigenvalue weighted by Crippen LogP contribution is 2.13. The van der Waals surface area contributed by atoms with Gasteiger partial charge in [0.1, 0.15) is 0 Å². The van der Waals surface area contributed by atoms with Crippen LogP contribution in [-0.2, 0) is 6.42 Å². The first-order chi connectivity index (χ1) is 9.06. The summed E-state index contributed by atoms with van der Waals surface area (Å²) < 4.78 is 31.2. The minimum Gasteiger partial charge on any atom is -0.444 e. The summed E-state index contributed by atoms with van der Waals surface area (Å²) in [7, 11) is 0. The maximum Gasteiger partial charge on any atom is 0.287 e. The molecular formula is C13H10BrF2NO2. The van der Waals surface area contributed by atoms with Crippen LogP contribution in [0.1, 0.15) is 16.1 Å². The van der Waals surface area contributed by atoms with Crippen molar-refractivity contribution in [3.8, 4) is 0 Å². The van der Waals surface area contributed by atoms with E-state index in [2.05, 4.69) is 21.2 Å². The number of rotatable bonds is 4. The summed E-state index contributed by atoms with van der Waals surface area (Å²) in [6.45, 7) is 0.308. The summed E-state index contributed by atoms with van der Waals surface area (Å²) in [5.74, 6) is -1.93. The Balaban J connectivity index is 1.86. The first kappa shape index (κ1) is 13.7. The van der Waals surface area contributed by atoms with Crippen molar-refractivity contribution in [2.75, 3.05) is 6.54 Å². The van der Waals surface area contributed by atoms with Crippen LogP contribution in [0, 0.1) is 11.6 Å². The van der Waals surface area contributed by atoms with Crippen LogP contribution in [0.15, 0.2) is 39.4 Å². The van der Waals surface area contributed by atoms with Gasteiger partial charge in [-0.1, -0.05) is 6.07 Å².